The van der Waals surface area contributed by atoms with Gasteiger partial charge in [0.15, 0.2) is 0 Å². The number of aromatic nitrogens is 2. The first kappa shape index (κ1) is 27.3. The maximum Gasteiger partial charge on any atom is 0.406 e. The van der Waals surface area contributed by atoms with Crippen molar-refractivity contribution in [2.45, 2.75) is 44.2 Å². The van der Waals surface area contributed by atoms with Crippen LogP contribution in [0.5, 0.6) is 0 Å². The lowest BCUT2D eigenvalue weighted by Crippen LogP contribution is -2.39. The molecule has 1 fully saturated rings. The molecule has 0 spiro atoms. The van der Waals surface area contributed by atoms with Crippen LogP contribution in [0.1, 0.15) is 23.8 Å². The molecule has 1 aliphatic heterocycles. The normalized spacial score (nSPS) is 21.8. The van der Waals surface area contributed by atoms with Gasteiger partial charge in [-0.25, -0.2) is 14.4 Å². The second kappa shape index (κ2) is 12.1. The summed E-state index contributed by atoms with van der Waals surface area (Å²) in [5, 5.41) is 6.30. The summed E-state index contributed by atoms with van der Waals surface area (Å²) in [5.74, 6) is -0.670. The highest BCUT2D eigenvalue weighted by molar-refractivity contribution is 7.51. The van der Waals surface area contributed by atoms with Crippen LogP contribution in [0.3, 0.4) is 0 Å². The van der Waals surface area contributed by atoms with Gasteiger partial charge in [0.25, 0.3) is 5.56 Å². The average molecular weight is 522 g/mol. The Morgan fingerprint density at radius 3 is 2.72 bits per heavy atom. The smallest absolute Gasteiger partial charge is 0.406 e. The second-order valence-electron chi connectivity index (χ2n) is 7.99. The number of nitrogens with zero attached hydrogens (tertiary/aromatic N) is 4. The summed E-state index contributed by atoms with van der Waals surface area (Å²) in [5.41, 5.74) is 8.82. The monoisotopic (exact) mass is 522 g/mol. The molecule has 1 aromatic carbocycles. The molecular weight excluding hydrogens is 495 g/mol. The summed E-state index contributed by atoms with van der Waals surface area (Å²) in [7, 11) is -1.70. The van der Waals surface area contributed by atoms with E-state index in [-0.39, 0.29) is 19.4 Å². The van der Waals surface area contributed by atoms with Crippen LogP contribution >= 0.6 is 7.75 Å². The minimum Gasteiger partial charge on any atom is -0.468 e. The van der Waals surface area contributed by atoms with E-state index in [9.17, 15) is 18.9 Å². The molecule has 2 aromatic rings. The topological polar surface area (TPSA) is 187 Å². The van der Waals surface area contributed by atoms with E-state index in [0.29, 0.717) is 5.56 Å². The minimum atomic E-state index is -4.06. The van der Waals surface area contributed by atoms with Gasteiger partial charge >= 0.3 is 19.4 Å². The molecule has 4 unspecified atom stereocenters. The molecule has 0 amide bonds. The van der Waals surface area contributed by atoms with Crippen molar-refractivity contribution in [1.29, 1.82) is 0 Å². The third-order valence-electron chi connectivity index (χ3n) is 5.59. The lowest BCUT2D eigenvalue weighted by molar-refractivity contribution is -0.142. The molecule has 36 heavy (non-hydrogen) atoms. The van der Waals surface area contributed by atoms with Gasteiger partial charge in [-0.3, -0.25) is 23.7 Å². The number of nitrogens with one attached hydrogen (secondary N) is 2. The third kappa shape index (κ3) is 6.70. The van der Waals surface area contributed by atoms with Crippen LogP contribution in [0.15, 0.2) is 51.2 Å². The average Bonchev–Trinajstić information content (AvgIpc) is 3.27. The minimum absolute atomic E-state index is 0.104. The van der Waals surface area contributed by atoms with Gasteiger partial charge in [-0.15, -0.1) is 0 Å². The summed E-state index contributed by atoms with van der Waals surface area (Å²) >= 11 is 0. The van der Waals surface area contributed by atoms with Gasteiger partial charge in [-0.05, 0) is 24.4 Å². The Kier molecular flexibility index (Phi) is 9.21. The zero-order chi connectivity index (χ0) is 26.3. The first-order chi connectivity index (χ1) is 17.2. The van der Waals surface area contributed by atoms with Crippen molar-refractivity contribution in [3.05, 3.63) is 78.9 Å². The number of methoxy groups -OCH3 is 1. The van der Waals surface area contributed by atoms with Gasteiger partial charge in [-0.1, -0.05) is 35.4 Å². The molecule has 3 rings (SSSR count). The molecule has 1 aliphatic rings. The van der Waals surface area contributed by atoms with Crippen LogP contribution in [0.4, 0.5) is 0 Å². The number of azide groups is 1. The highest BCUT2D eigenvalue weighted by atomic mass is 31.2. The number of esters is 1. The predicted octanol–water partition coefficient (Wildman–Crippen LogP) is 1.96. The van der Waals surface area contributed by atoms with E-state index in [1.807, 2.05) is 6.07 Å². The van der Waals surface area contributed by atoms with Crippen molar-refractivity contribution >= 4 is 13.7 Å². The summed E-state index contributed by atoms with van der Waals surface area (Å²) < 4.78 is 35.7. The molecule has 1 aromatic heterocycles. The summed E-state index contributed by atoms with van der Waals surface area (Å²) in [4.78, 5) is 41.3. The van der Waals surface area contributed by atoms with E-state index in [1.165, 1.54) is 24.8 Å². The highest BCUT2D eigenvalue weighted by Crippen LogP contribution is 2.45. The first-order valence-electron chi connectivity index (χ1n) is 10.9. The third-order valence-corrected chi connectivity index (χ3v) is 7.19. The molecule has 1 saturated heterocycles. The zero-order valence-electron chi connectivity index (χ0n) is 19.9. The lowest BCUT2D eigenvalue weighted by atomic mass is 10.1. The lowest BCUT2D eigenvalue weighted by Gasteiger charge is -2.24. The van der Waals surface area contributed by atoms with Crippen molar-refractivity contribution < 1.29 is 27.9 Å². The molecule has 14 nitrogen and oxygen atoms in total. The fraction of sp³-hybridized carbons (Fsp3) is 0.476. The van der Waals surface area contributed by atoms with Crippen molar-refractivity contribution in [2.24, 2.45) is 5.11 Å². The van der Waals surface area contributed by atoms with Gasteiger partial charge in [0.1, 0.15) is 12.3 Å². The van der Waals surface area contributed by atoms with E-state index in [0.717, 1.165) is 12.7 Å². The molecule has 0 saturated carbocycles. The van der Waals surface area contributed by atoms with Gasteiger partial charge in [0.05, 0.1) is 25.9 Å². The number of aromatic amines is 1. The Bertz CT molecular complexity index is 1280. The van der Waals surface area contributed by atoms with Gasteiger partial charge < -0.3 is 14.0 Å². The Labute approximate surface area is 205 Å². The number of benzene rings is 1. The molecule has 15 heteroatoms. The Morgan fingerprint density at radius 1 is 1.36 bits per heavy atom. The number of ether oxygens (including phenoxy) is 2. The molecule has 0 radical (unpaired) electrons. The highest BCUT2D eigenvalue weighted by Gasteiger charge is 2.39. The van der Waals surface area contributed by atoms with Crippen LogP contribution in [0, 0.1) is 6.92 Å². The zero-order valence-corrected chi connectivity index (χ0v) is 20.8. The number of hydrogen-bond acceptors (Lipinski definition) is 9. The Morgan fingerprint density at radius 2 is 2.08 bits per heavy atom. The largest absolute Gasteiger partial charge is 0.468 e. The number of aryl methyl sites for hydroxylation is 1. The van der Waals surface area contributed by atoms with Crippen molar-refractivity contribution in [2.75, 3.05) is 20.8 Å². The fourth-order valence-corrected chi connectivity index (χ4v) is 4.91. The Balaban J connectivity index is 1.74. The fourth-order valence-electron chi connectivity index (χ4n) is 3.70. The molecular formula is C21H27N6O8P. The van der Waals surface area contributed by atoms with E-state index in [2.05, 4.69) is 20.1 Å². The molecule has 2 N–H and O–H groups in total. The van der Waals surface area contributed by atoms with Crippen molar-refractivity contribution in [3.8, 4) is 0 Å². The number of carbonyl (C=O) groups is 1. The van der Waals surface area contributed by atoms with E-state index in [1.54, 1.807) is 24.3 Å². The molecule has 194 valence electrons. The number of rotatable bonds is 11. The maximum absolute atomic E-state index is 13.3. The molecule has 0 bridgehead atoms. The van der Waals surface area contributed by atoms with Gasteiger partial charge in [-0.2, -0.15) is 0 Å². The number of hydrogen-bond donors (Lipinski definition) is 2. The predicted molar refractivity (Wildman–Crippen MR) is 127 cm³/mol. The van der Waals surface area contributed by atoms with E-state index < -0.39 is 49.4 Å². The van der Waals surface area contributed by atoms with Crippen LogP contribution in [0.25, 0.3) is 10.4 Å². The second-order valence-corrected chi connectivity index (χ2v) is 9.86. The summed E-state index contributed by atoms with van der Waals surface area (Å²) in [6, 6.07) is 7.21. The number of carbonyl (C=O) groups excluding carboxylic acids is 1. The Hall–Kier alpha value is -3.25. The quantitative estimate of drug-likeness (QED) is 0.146. The molecule has 5 atom stereocenters. The van der Waals surface area contributed by atoms with Crippen LogP contribution in [-0.2, 0) is 34.3 Å². The van der Waals surface area contributed by atoms with Crippen LogP contribution in [-0.4, -0.2) is 54.5 Å². The summed E-state index contributed by atoms with van der Waals surface area (Å²) in [6.07, 6.45) is -0.169. The molecule has 0 aliphatic carbocycles. The van der Waals surface area contributed by atoms with Gasteiger partial charge in [0, 0.05) is 30.2 Å². The van der Waals surface area contributed by atoms with Crippen molar-refractivity contribution in [1.82, 2.24) is 14.6 Å². The van der Waals surface area contributed by atoms with E-state index in [4.69, 9.17) is 24.1 Å². The first-order valence-corrected chi connectivity index (χ1v) is 12.5. The van der Waals surface area contributed by atoms with Gasteiger partial charge in [0.2, 0.25) is 0 Å². The summed E-state index contributed by atoms with van der Waals surface area (Å²) in [6.45, 7) is 1.18. The standard InChI is InChI=1S/C21H27N6O8P/c1-13-11-27(21(30)23-19(13)28)18-10-15(24-26-22)17(35-18)12-34-36(31,33-3)25-16(20(29)32-2)9-14-7-5-4-6-8-14/h4-8,11,15-18H,9-10,12H2,1-3H3,(H,25,31)(H,23,28,30)/t15?,16-,17?,18?,36?/m0/s1. The van der Waals surface area contributed by atoms with Crippen molar-refractivity contribution in [3.63, 3.8) is 0 Å². The maximum atomic E-state index is 13.3. The SMILES string of the molecule is COC(=O)[C@H](Cc1ccccc1)NP(=O)(OC)OCC1OC(n2cc(C)c(=O)[nH]c2=O)CC1N=[N+]=[N-]. The number of H-pyrrole nitrogens is 1. The molecule has 2 heterocycles. The van der Waals surface area contributed by atoms with Crippen LogP contribution < -0.4 is 16.3 Å². The van der Waals surface area contributed by atoms with E-state index >= 15 is 0 Å². The van der Waals surface area contributed by atoms with Crippen LogP contribution in [0.2, 0.25) is 0 Å².